The van der Waals surface area contributed by atoms with Gasteiger partial charge in [0.15, 0.2) is 0 Å². The highest BCUT2D eigenvalue weighted by Gasteiger charge is 2.18. The largest absolute Gasteiger partial charge is 0.383 e. The molecule has 2 aromatic heterocycles. The van der Waals surface area contributed by atoms with E-state index in [0.717, 1.165) is 16.0 Å². The molecule has 0 atom stereocenters. The number of aryl methyl sites for hydroxylation is 1. The van der Waals surface area contributed by atoms with Gasteiger partial charge in [0, 0.05) is 10.8 Å². The van der Waals surface area contributed by atoms with Gasteiger partial charge in [-0.3, -0.25) is 0 Å². The maximum absolute atomic E-state index is 6.10. The van der Waals surface area contributed by atoms with Crippen molar-refractivity contribution in [1.82, 2.24) is 9.97 Å². The minimum Gasteiger partial charge on any atom is -0.383 e. The van der Waals surface area contributed by atoms with E-state index < -0.39 is 0 Å². The van der Waals surface area contributed by atoms with Gasteiger partial charge >= 0.3 is 0 Å². The zero-order valence-electron chi connectivity index (χ0n) is 11.5. The Labute approximate surface area is 118 Å². The molecule has 0 aliphatic heterocycles. The predicted molar refractivity (Wildman–Crippen MR) is 81.6 cm³/mol. The molecular formula is C15H21N3S. The quantitative estimate of drug-likeness (QED) is 0.838. The molecule has 3 rings (SSSR count). The van der Waals surface area contributed by atoms with E-state index in [-0.39, 0.29) is 0 Å². The van der Waals surface area contributed by atoms with Crippen molar-refractivity contribution < 1.29 is 0 Å². The van der Waals surface area contributed by atoms with Crippen LogP contribution in [0.2, 0.25) is 0 Å². The van der Waals surface area contributed by atoms with E-state index >= 15 is 0 Å². The lowest BCUT2D eigenvalue weighted by Crippen LogP contribution is -2.08. The average Bonchev–Trinajstić information content (AvgIpc) is 2.69. The van der Waals surface area contributed by atoms with Crippen molar-refractivity contribution >= 4 is 27.4 Å². The zero-order chi connectivity index (χ0) is 13.2. The number of thiophene rings is 1. The predicted octanol–water partition coefficient (Wildman–Crippen LogP) is 4.41. The summed E-state index contributed by atoms with van der Waals surface area (Å²) in [4.78, 5) is 11.7. The van der Waals surface area contributed by atoms with E-state index in [4.69, 9.17) is 10.7 Å². The second-order valence-corrected chi connectivity index (χ2v) is 6.82. The van der Waals surface area contributed by atoms with Crippen molar-refractivity contribution in [2.24, 2.45) is 0 Å². The Bertz CT molecular complexity index is 568. The number of aromatic nitrogens is 2. The first-order valence-electron chi connectivity index (χ1n) is 7.27. The van der Waals surface area contributed by atoms with Gasteiger partial charge in [-0.15, -0.1) is 11.3 Å². The van der Waals surface area contributed by atoms with Gasteiger partial charge in [0.2, 0.25) is 0 Å². The fraction of sp³-hybridized carbons (Fsp3) is 0.600. The van der Waals surface area contributed by atoms with Crippen LogP contribution >= 0.6 is 11.3 Å². The van der Waals surface area contributed by atoms with Gasteiger partial charge in [0.05, 0.1) is 5.39 Å². The maximum atomic E-state index is 6.10. The standard InChI is InChI=1S/C15H21N3S/c1-10-9-12-13(16)17-14(18-15(12)19-10)11-7-5-3-2-4-6-8-11/h9,11H,2-8H2,1H3,(H2,16,17,18). The van der Waals surface area contributed by atoms with Crippen molar-refractivity contribution in [1.29, 1.82) is 0 Å². The summed E-state index contributed by atoms with van der Waals surface area (Å²) in [6.07, 6.45) is 9.13. The minimum atomic E-state index is 0.509. The molecule has 0 saturated heterocycles. The number of nitrogens with zero attached hydrogens (tertiary/aromatic N) is 2. The molecule has 1 fully saturated rings. The van der Waals surface area contributed by atoms with Crippen LogP contribution in [0.4, 0.5) is 5.82 Å². The topological polar surface area (TPSA) is 51.8 Å². The molecule has 19 heavy (non-hydrogen) atoms. The number of nitrogens with two attached hydrogens (primary N) is 1. The van der Waals surface area contributed by atoms with Gasteiger partial charge in [-0.2, -0.15) is 0 Å². The van der Waals surface area contributed by atoms with Gasteiger partial charge < -0.3 is 5.73 Å². The van der Waals surface area contributed by atoms with Gasteiger partial charge in [-0.1, -0.05) is 32.1 Å². The van der Waals surface area contributed by atoms with Crippen molar-refractivity contribution in [2.45, 2.75) is 57.8 Å². The van der Waals surface area contributed by atoms with Gasteiger partial charge in [0.1, 0.15) is 16.5 Å². The van der Waals surface area contributed by atoms with Gasteiger partial charge in [-0.05, 0) is 25.8 Å². The summed E-state index contributed by atoms with van der Waals surface area (Å²) in [6, 6.07) is 2.09. The highest BCUT2D eigenvalue weighted by Crippen LogP contribution is 2.33. The Balaban J connectivity index is 1.94. The molecule has 0 aromatic carbocycles. The molecule has 2 N–H and O–H groups in total. The molecule has 1 aliphatic rings. The number of nitrogen functional groups attached to an aromatic ring is 1. The lowest BCUT2D eigenvalue weighted by Gasteiger charge is -2.18. The fourth-order valence-corrected chi connectivity index (χ4v) is 3.87. The highest BCUT2D eigenvalue weighted by atomic mass is 32.1. The number of hydrogen-bond acceptors (Lipinski definition) is 4. The summed E-state index contributed by atoms with van der Waals surface area (Å²) in [7, 11) is 0. The molecule has 0 unspecified atom stereocenters. The molecule has 4 heteroatoms. The summed E-state index contributed by atoms with van der Waals surface area (Å²) in [5.74, 6) is 2.15. The Hall–Kier alpha value is -1.16. The van der Waals surface area contributed by atoms with Crippen molar-refractivity contribution in [3.05, 3.63) is 16.8 Å². The van der Waals surface area contributed by atoms with E-state index in [1.165, 1.54) is 49.8 Å². The summed E-state index contributed by atoms with van der Waals surface area (Å²) in [5, 5.41) is 1.03. The third-order valence-electron chi connectivity index (χ3n) is 4.03. The molecule has 0 bridgehead atoms. The second kappa shape index (κ2) is 5.45. The third-order valence-corrected chi connectivity index (χ3v) is 4.98. The van der Waals surface area contributed by atoms with Gasteiger partial charge in [0.25, 0.3) is 0 Å². The van der Waals surface area contributed by atoms with Crippen LogP contribution in [0, 0.1) is 6.92 Å². The average molecular weight is 275 g/mol. The molecular weight excluding hydrogens is 254 g/mol. The Morgan fingerprint density at radius 1 is 1.11 bits per heavy atom. The third kappa shape index (κ3) is 2.73. The number of rotatable bonds is 1. The van der Waals surface area contributed by atoms with Crippen molar-refractivity contribution in [3.8, 4) is 0 Å². The number of anilines is 1. The van der Waals surface area contributed by atoms with Crippen LogP contribution in [0.5, 0.6) is 0 Å². The van der Waals surface area contributed by atoms with E-state index in [2.05, 4.69) is 18.0 Å². The lowest BCUT2D eigenvalue weighted by molar-refractivity contribution is 0.443. The van der Waals surface area contributed by atoms with Crippen molar-refractivity contribution in [2.75, 3.05) is 5.73 Å². The Kier molecular flexibility index (Phi) is 3.69. The van der Waals surface area contributed by atoms with Crippen LogP contribution in [0.15, 0.2) is 6.07 Å². The summed E-state index contributed by atoms with van der Waals surface area (Å²) in [6.45, 7) is 2.10. The fourth-order valence-electron chi connectivity index (χ4n) is 2.98. The smallest absolute Gasteiger partial charge is 0.135 e. The first-order chi connectivity index (χ1) is 9.24. The SMILES string of the molecule is Cc1cc2c(N)nc(C3CCCCCCC3)nc2s1. The molecule has 0 amide bonds. The molecule has 1 saturated carbocycles. The first kappa shape index (κ1) is 12.9. The number of fused-ring (bicyclic) bond motifs is 1. The molecule has 2 aromatic rings. The molecule has 1 aliphatic carbocycles. The second-order valence-electron chi connectivity index (χ2n) is 5.58. The minimum absolute atomic E-state index is 0.509. The Morgan fingerprint density at radius 3 is 2.53 bits per heavy atom. The Morgan fingerprint density at radius 2 is 1.79 bits per heavy atom. The van der Waals surface area contributed by atoms with Crippen LogP contribution in [0.3, 0.4) is 0 Å². The summed E-state index contributed by atoms with van der Waals surface area (Å²) >= 11 is 1.72. The molecule has 0 radical (unpaired) electrons. The van der Waals surface area contributed by atoms with Crippen LogP contribution in [-0.4, -0.2) is 9.97 Å². The van der Waals surface area contributed by atoms with Crippen LogP contribution in [0.1, 0.15) is 61.6 Å². The number of hydrogen-bond donors (Lipinski definition) is 1. The van der Waals surface area contributed by atoms with Crippen LogP contribution in [0.25, 0.3) is 10.2 Å². The zero-order valence-corrected chi connectivity index (χ0v) is 12.3. The monoisotopic (exact) mass is 275 g/mol. The molecule has 2 heterocycles. The summed E-state index contributed by atoms with van der Waals surface area (Å²) in [5.41, 5.74) is 6.10. The molecule has 102 valence electrons. The van der Waals surface area contributed by atoms with E-state index in [1.807, 2.05) is 0 Å². The normalized spacial score (nSPS) is 18.4. The highest BCUT2D eigenvalue weighted by molar-refractivity contribution is 7.18. The lowest BCUT2D eigenvalue weighted by atomic mass is 9.90. The molecule has 0 spiro atoms. The van der Waals surface area contributed by atoms with Gasteiger partial charge in [-0.25, -0.2) is 9.97 Å². The maximum Gasteiger partial charge on any atom is 0.135 e. The van der Waals surface area contributed by atoms with Crippen molar-refractivity contribution in [3.63, 3.8) is 0 Å². The van der Waals surface area contributed by atoms with Crippen LogP contribution in [-0.2, 0) is 0 Å². The van der Waals surface area contributed by atoms with E-state index in [0.29, 0.717) is 11.7 Å². The van der Waals surface area contributed by atoms with E-state index in [9.17, 15) is 0 Å². The summed E-state index contributed by atoms with van der Waals surface area (Å²) < 4.78 is 0. The van der Waals surface area contributed by atoms with Crippen LogP contribution < -0.4 is 5.73 Å². The van der Waals surface area contributed by atoms with E-state index in [1.54, 1.807) is 11.3 Å². The first-order valence-corrected chi connectivity index (χ1v) is 8.09. The molecule has 3 nitrogen and oxygen atoms in total.